The normalized spacial score (nSPS) is 10.5. The first-order valence-electron chi connectivity index (χ1n) is 3.67. The van der Waals surface area contributed by atoms with Crippen LogP contribution < -0.4 is 5.73 Å². The first kappa shape index (κ1) is 8.58. The lowest BCUT2D eigenvalue weighted by Crippen LogP contribution is -1.85. The maximum absolute atomic E-state index is 5.39. The Kier molecular flexibility index (Phi) is 2.51. The van der Waals surface area contributed by atoms with Gasteiger partial charge in [-0.1, -0.05) is 17.8 Å². The minimum absolute atomic E-state index is 0.369. The van der Waals surface area contributed by atoms with E-state index in [9.17, 15) is 0 Å². The molecule has 2 aromatic rings. The zero-order valence-corrected chi connectivity index (χ0v) is 8.36. The van der Waals surface area contributed by atoms with Crippen molar-refractivity contribution in [3.63, 3.8) is 0 Å². The summed E-state index contributed by atoms with van der Waals surface area (Å²) in [6.07, 6.45) is 0. The van der Waals surface area contributed by atoms with Crippen LogP contribution in [0.5, 0.6) is 0 Å². The molecule has 13 heavy (non-hydrogen) atoms. The molecular weight excluding hydrogens is 204 g/mol. The van der Waals surface area contributed by atoms with Gasteiger partial charge in [-0.25, -0.2) is 5.10 Å². The quantitative estimate of drug-likeness (QED) is 0.760. The number of nitrogens with zero attached hydrogens (tertiary/aromatic N) is 2. The number of nitrogens with one attached hydrogen (secondary N) is 1. The standard InChI is InChI=1S/C7H8N4S2/c8-6-9-7(11-10-6)13-4-5-2-1-3-12-5/h1-3H,4H2,(H3,8,9,10,11). The van der Waals surface area contributed by atoms with Crippen molar-refractivity contribution in [1.82, 2.24) is 15.2 Å². The van der Waals surface area contributed by atoms with Gasteiger partial charge >= 0.3 is 0 Å². The summed E-state index contributed by atoms with van der Waals surface area (Å²) in [5, 5.41) is 9.28. The summed E-state index contributed by atoms with van der Waals surface area (Å²) < 4.78 is 0. The molecule has 0 atom stereocenters. The number of H-pyrrole nitrogens is 1. The van der Waals surface area contributed by atoms with Crippen LogP contribution >= 0.6 is 23.1 Å². The number of hydrogen-bond donors (Lipinski definition) is 2. The Morgan fingerprint density at radius 1 is 1.62 bits per heavy atom. The summed E-state index contributed by atoms with van der Waals surface area (Å²) in [5.74, 6) is 1.27. The van der Waals surface area contributed by atoms with Crippen LogP contribution in [0.15, 0.2) is 22.7 Å². The predicted octanol–water partition coefficient (Wildman–Crippen LogP) is 1.74. The van der Waals surface area contributed by atoms with Crippen molar-refractivity contribution >= 4 is 29.0 Å². The zero-order chi connectivity index (χ0) is 9.10. The van der Waals surface area contributed by atoms with Crippen LogP contribution in [0.2, 0.25) is 0 Å². The van der Waals surface area contributed by atoms with Gasteiger partial charge in [0.05, 0.1) is 0 Å². The molecule has 3 N–H and O–H groups in total. The average Bonchev–Trinajstić information content (AvgIpc) is 2.71. The number of rotatable bonds is 3. The van der Waals surface area contributed by atoms with Gasteiger partial charge in [-0.2, -0.15) is 4.98 Å². The van der Waals surface area contributed by atoms with Crippen molar-refractivity contribution in [3.05, 3.63) is 22.4 Å². The fourth-order valence-electron chi connectivity index (χ4n) is 0.853. The third-order valence-electron chi connectivity index (χ3n) is 1.41. The lowest BCUT2D eigenvalue weighted by molar-refractivity contribution is 0.974. The number of thiophene rings is 1. The molecular formula is C7H8N4S2. The third kappa shape index (κ3) is 2.22. The molecule has 0 amide bonds. The van der Waals surface area contributed by atoms with E-state index in [2.05, 4.69) is 26.6 Å². The second kappa shape index (κ2) is 3.80. The number of nitrogen functional groups attached to an aromatic ring is 1. The van der Waals surface area contributed by atoms with Crippen LogP contribution in [0.1, 0.15) is 4.88 Å². The molecule has 2 heterocycles. The molecule has 0 radical (unpaired) electrons. The highest BCUT2D eigenvalue weighted by Crippen LogP contribution is 2.21. The van der Waals surface area contributed by atoms with E-state index in [1.807, 2.05) is 6.07 Å². The Labute approximate surface area is 83.6 Å². The number of nitrogens with two attached hydrogens (primary N) is 1. The molecule has 0 aliphatic carbocycles. The van der Waals surface area contributed by atoms with E-state index in [1.165, 1.54) is 4.88 Å². The van der Waals surface area contributed by atoms with Gasteiger partial charge in [0.2, 0.25) is 11.1 Å². The topological polar surface area (TPSA) is 67.6 Å². The largest absolute Gasteiger partial charge is 0.368 e. The molecule has 0 saturated heterocycles. The lowest BCUT2D eigenvalue weighted by atomic mass is 10.5. The second-order valence-corrected chi connectivity index (χ2v) is 4.35. The van der Waals surface area contributed by atoms with E-state index >= 15 is 0 Å². The van der Waals surface area contributed by atoms with E-state index in [0.29, 0.717) is 11.1 Å². The first-order chi connectivity index (χ1) is 6.34. The average molecular weight is 212 g/mol. The molecule has 0 spiro atoms. The molecule has 68 valence electrons. The van der Waals surface area contributed by atoms with Gasteiger partial charge in [-0.15, -0.1) is 16.4 Å². The van der Waals surface area contributed by atoms with Crippen molar-refractivity contribution < 1.29 is 0 Å². The van der Waals surface area contributed by atoms with Crippen LogP contribution in [0.4, 0.5) is 5.95 Å². The van der Waals surface area contributed by atoms with Gasteiger partial charge in [-0.3, -0.25) is 0 Å². The number of thioether (sulfide) groups is 1. The maximum Gasteiger partial charge on any atom is 0.216 e. The Hall–Kier alpha value is -1.01. The van der Waals surface area contributed by atoms with E-state index in [-0.39, 0.29) is 0 Å². The van der Waals surface area contributed by atoms with Gasteiger partial charge in [0.15, 0.2) is 0 Å². The summed E-state index contributed by atoms with van der Waals surface area (Å²) in [4.78, 5) is 5.30. The highest BCUT2D eigenvalue weighted by molar-refractivity contribution is 7.98. The molecule has 4 nitrogen and oxygen atoms in total. The molecule has 0 fully saturated rings. The number of hydrogen-bond acceptors (Lipinski definition) is 5. The number of aromatic nitrogens is 3. The Balaban J connectivity index is 1.93. The fraction of sp³-hybridized carbons (Fsp3) is 0.143. The minimum Gasteiger partial charge on any atom is -0.368 e. The van der Waals surface area contributed by atoms with Crippen molar-refractivity contribution in [2.75, 3.05) is 5.73 Å². The second-order valence-electron chi connectivity index (χ2n) is 2.37. The Morgan fingerprint density at radius 2 is 2.54 bits per heavy atom. The zero-order valence-electron chi connectivity index (χ0n) is 6.73. The van der Waals surface area contributed by atoms with E-state index in [0.717, 1.165) is 5.75 Å². The molecule has 0 aliphatic heterocycles. The monoisotopic (exact) mass is 212 g/mol. The van der Waals surface area contributed by atoms with Gasteiger partial charge in [0.25, 0.3) is 0 Å². The predicted molar refractivity (Wildman–Crippen MR) is 54.7 cm³/mol. The Bertz CT molecular complexity index is 368. The van der Waals surface area contributed by atoms with E-state index < -0.39 is 0 Å². The molecule has 0 unspecified atom stereocenters. The highest BCUT2D eigenvalue weighted by Gasteiger charge is 2.01. The van der Waals surface area contributed by atoms with Crippen molar-refractivity contribution in [2.45, 2.75) is 10.9 Å². The van der Waals surface area contributed by atoms with Crippen molar-refractivity contribution in [2.24, 2.45) is 0 Å². The van der Waals surface area contributed by atoms with Gasteiger partial charge < -0.3 is 5.73 Å². The first-order valence-corrected chi connectivity index (χ1v) is 5.54. The van der Waals surface area contributed by atoms with E-state index in [1.54, 1.807) is 23.1 Å². The summed E-state index contributed by atoms with van der Waals surface area (Å²) in [5.41, 5.74) is 5.39. The fourth-order valence-corrected chi connectivity index (χ4v) is 2.43. The summed E-state index contributed by atoms with van der Waals surface area (Å²) in [7, 11) is 0. The van der Waals surface area contributed by atoms with Crippen LogP contribution in [0, 0.1) is 0 Å². The van der Waals surface area contributed by atoms with Crippen LogP contribution in [-0.4, -0.2) is 15.2 Å². The number of anilines is 1. The van der Waals surface area contributed by atoms with Crippen molar-refractivity contribution in [3.8, 4) is 0 Å². The molecule has 0 aromatic carbocycles. The molecule has 6 heteroatoms. The number of aromatic amines is 1. The van der Waals surface area contributed by atoms with Crippen molar-refractivity contribution in [1.29, 1.82) is 0 Å². The van der Waals surface area contributed by atoms with E-state index in [4.69, 9.17) is 5.73 Å². The SMILES string of the molecule is Nc1nc(SCc2cccs2)n[nH]1. The lowest BCUT2D eigenvalue weighted by Gasteiger charge is -1.91. The molecule has 0 bridgehead atoms. The van der Waals surface area contributed by atoms with Crippen LogP contribution in [0.3, 0.4) is 0 Å². The minimum atomic E-state index is 0.369. The third-order valence-corrected chi connectivity index (χ3v) is 3.36. The van der Waals surface area contributed by atoms with Gasteiger partial charge in [0, 0.05) is 10.6 Å². The maximum atomic E-state index is 5.39. The summed E-state index contributed by atoms with van der Waals surface area (Å²) in [6, 6.07) is 4.13. The Morgan fingerprint density at radius 3 is 3.15 bits per heavy atom. The summed E-state index contributed by atoms with van der Waals surface area (Å²) >= 11 is 3.31. The van der Waals surface area contributed by atoms with Gasteiger partial charge in [-0.05, 0) is 11.4 Å². The molecule has 2 aromatic heterocycles. The van der Waals surface area contributed by atoms with Gasteiger partial charge in [0.1, 0.15) is 0 Å². The van der Waals surface area contributed by atoms with Crippen LogP contribution in [0.25, 0.3) is 0 Å². The molecule has 2 rings (SSSR count). The molecule has 0 saturated carbocycles. The highest BCUT2D eigenvalue weighted by atomic mass is 32.2. The smallest absolute Gasteiger partial charge is 0.216 e. The molecule has 0 aliphatic rings. The summed E-state index contributed by atoms with van der Waals surface area (Å²) in [6.45, 7) is 0. The van der Waals surface area contributed by atoms with Crippen LogP contribution in [-0.2, 0) is 5.75 Å².